The first-order valence-corrected chi connectivity index (χ1v) is 7.72. The fraction of sp³-hybridized carbons (Fsp3) is 1.00. The van der Waals surface area contributed by atoms with Crippen molar-refractivity contribution >= 4 is 0 Å². The van der Waals surface area contributed by atoms with E-state index in [9.17, 15) is 10.2 Å². The molecule has 0 amide bonds. The van der Waals surface area contributed by atoms with Gasteiger partial charge in [0, 0.05) is 5.41 Å². The Morgan fingerprint density at radius 2 is 1.50 bits per heavy atom. The Balaban J connectivity index is 2.01. The Kier molecular flexibility index (Phi) is 2.53. The molecule has 0 spiro atoms. The Morgan fingerprint density at radius 3 is 1.94 bits per heavy atom. The van der Waals surface area contributed by atoms with Crippen LogP contribution in [0.5, 0.6) is 0 Å². The molecular weight excluding hydrogens is 224 g/mol. The van der Waals surface area contributed by atoms with Gasteiger partial charge in [-0.3, -0.25) is 0 Å². The van der Waals surface area contributed by atoms with Crippen molar-refractivity contribution < 1.29 is 10.2 Å². The normalized spacial score (nSPS) is 49.5. The molecule has 2 bridgehead atoms. The van der Waals surface area contributed by atoms with Crippen LogP contribution in [-0.2, 0) is 0 Å². The summed E-state index contributed by atoms with van der Waals surface area (Å²) in [5.41, 5.74) is -1.63. The lowest BCUT2D eigenvalue weighted by molar-refractivity contribution is -0.228. The van der Waals surface area contributed by atoms with Crippen LogP contribution >= 0.6 is 0 Å². The zero-order chi connectivity index (χ0) is 13.2. The molecule has 2 heteroatoms. The average molecular weight is 252 g/mol. The molecule has 3 aliphatic carbocycles. The second-order valence-corrected chi connectivity index (χ2v) is 7.95. The fourth-order valence-corrected chi connectivity index (χ4v) is 5.53. The summed E-state index contributed by atoms with van der Waals surface area (Å²) in [6.07, 6.45) is 8.05. The van der Waals surface area contributed by atoms with Gasteiger partial charge in [0.1, 0.15) is 0 Å². The third-order valence-corrected chi connectivity index (χ3v) is 7.34. The fourth-order valence-electron chi connectivity index (χ4n) is 5.53. The Labute approximate surface area is 111 Å². The van der Waals surface area contributed by atoms with E-state index in [0.717, 1.165) is 38.5 Å². The molecule has 2 nitrogen and oxygen atoms in total. The Bertz CT molecular complexity index is 356. The zero-order valence-electron chi connectivity index (χ0n) is 12.1. The first-order chi connectivity index (χ1) is 8.27. The number of aliphatic hydroxyl groups is 2. The van der Waals surface area contributed by atoms with Gasteiger partial charge in [-0.15, -0.1) is 0 Å². The molecule has 0 aliphatic heterocycles. The van der Waals surface area contributed by atoms with Crippen molar-refractivity contribution in [2.75, 3.05) is 0 Å². The summed E-state index contributed by atoms with van der Waals surface area (Å²) in [4.78, 5) is 0. The zero-order valence-corrected chi connectivity index (χ0v) is 12.1. The van der Waals surface area contributed by atoms with Gasteiger partial charge >= 0.3 is 0 Å². The predicted octanol–water partition coefficient (Wildman–Crippen LogP) is 3.26. The molecule has 3 saturated carbocycles. The highest BCUT2D eigenvalue weighted by atomic mass is 16.4. The van der Waals surface area contributed by atoms with Crippen LogP contribution in [0.25, 0.3) is 0 Å². The van der Waals surface area contributed by atoms with Gasteiger partial charge in [-0.05, 0) is 43.4 Å². The molecule has 3 aliphatic rings. The summed E-state index contributed by atoms with van der Waals surface area (Å²) in [5.74, 6) is 0.582. The minimum Gasteiger partial charge on any atom is -0.387 e. The maximum atomic E-state index is 11.4. The van der Waals surface area contributed by atoms with Gasteiger partial charge in [-0.1, -0.05) is 40.0 Å². The van der Waals surface area contributed by atoms with E-state index in [1.807, 2.05) is 0 Å². The first-order valence-electron chi connectivity index (χ1n) is 7.72. The second kappa shape index (κ2) is 3.52. The van der Waals surface area contributed by atoms with Crippen molar-refractivity contribution in [3.8, 4) is 0 Å². The molecule has 0 unspecified atom stereocenters. The molecule has 0 aromatic rings. The van der Waals surface area contributed by atoms with E-state index in [0.29, 0.717) is 5.92 Å². The summed E-state index contributed by atoms with van der Waals surface area (Å²) < 4.78 is 0. The third kappa shape index (κ3) is 1.22. The average Bonchev–Trinajstić information content (AvgIpc) is 2.62. The SMILES string of the molecule is CC1(C)[C@@H]2CC[C@@]1(C)[C@@](O)(C1(O)CCCCC1)C2. The molecule has 3 rings (SSSR count). The van der Waals surface area contributed by atoms with E-state index >= 15 is 0 Å². The van der Waals surface area contributed by atoms with Gasteiger partial charge < -0.3 is 10.2 Å². The van der Waals surface area contributed by atoms with E-state index in [4.69, 9.17) is 0 Å². The van der Waals surface area contributed by atoms with E-state index in [1.165, 1.54) is 12.8 Å². The molecule has 0 radical (unpaired) electrons. The number of fused-ring (bicyclic) bond motifs is 2. The quantitative estimate of drug-likeness (QED) is 0.752. The summed E-state index contributed by atoms with van der Waals surface area (Å²) in [6.45, 7) is 6.83. The Hall–Kier alpha value is -0.0800. The molecule has 18 heavy (non-hydrogen) atoms. The number of hydrogen-bond donors (Lipinski definition) is 2. The van der Waals surface area contributed by atoms with Crippen LogP contribution in [0.3, 0.4) is 0 Å². The molecule has 0 aromatic carbocycles. The maximum Gasteiger partial charge on any atom is 0.0994 e. The third-order valence-electron chi connectivity index (χ3n) is 7.34. The van der Waals surface area contributed by atoms with Gasteiger partial charge in [-0.25, -0.2) is 0 Å². The maximum absolute atomic E-state index is 11.4. The van der Waals surface area contributed by atoms with Crippen molar-refractivity contribution in [2.24, 2.45) is 16.7 Å². The molecule has 0 heterocycles. The predicted molar refractivity (Wildman–Crippen MR) is 72.2 cm³/mol. The molecule has 2 N–H and O–H groups in total. The number of rotatable bonds is 1. The van der Waals surface area contributed by atoms with Crippen LogP contribution in [0.4, 0.5) is 0 Å². The molecule has 3 fully saturated rings. The van der Waals surface area contributed by atoms with Crippen molar-refractivity contribution in [1.82, 2.24) is 0 Å². The smallest absolute Gasteiger partial charge is 0.0994 e. The second-order valence-electron chi connectivity index (χ2n) is 7.95. The van der Waals surface area contributed by atoms with Crippen LogP contribution in [0, 0.1) is 16.7 Å². The van der Waals surface area contributed by atoms with Crippen molar-refractivity contribution in [3.63, 3.8) is 0 Å². The molecule has 104 valence electrons. The summed E-state index contributed by atoms with van der Waals surface area (Å²) >= 11 is 0. The van der Waals surface area contributed by atoms with Crippen molar-refractivity contribution in [2.45, 2.75) is 83.3 Å². The lowest BCUT2D eigenvalue weighted by atomic mass is 9.56. The van der Waals surface area contributed by atoms with Crippen molar-refractivity contribution in [3.05, 3.63) is 0 Å². The minimum absolute atomic E-state index is 0.114. The van der Waals surface area contributed by atoms with Crippen LogP contribution in [0.2, 0.25) is 0 Å². The standard InChI is InChI=1S/C16H28O2/c1-13(2)12-7-10-14(13,3)16(18,11-12)15(17)8-5-4-6-9-15/h12,17-18H,4-11H2,1-3H3/t12-,14-,16-/m1/s1. The highest BCUT2D eigenvalue weighted by Gasteiger charge is 2.73. The first kappa shape index (κ1) is 12.9. The molecule has 3 atom stereocenters. The Morgan fingerprint density at radius 1 is 0.889 bits per heavy atom. The largest absolute Gasteiger partial charge is 0.387 e. The van der Waals surface area contributed by atoms with Crippen molar-refractivity contribution in [1.29, 1.82) is 0 Å². The summed E-state index contributed by atoms with van der Waals surface area (Å²) in [6, 6.07) is 0. The van der Waals surface area contributed by atoms with Crippen LogP contribution < -0.4 is 0 Å². The van der Waals surface area contributed by atoms with Gasteiger partial charge in [0.15, 0.2) is 0 Å². The van der Waals surface area contributed by atoms with Crippen LogP contribution in [0.15, 0.2) is 0 Å². The van der Waals surface area contributed by atoms with Gasteiger partial charge in [-0.2, -0.15) is 0 Å². The van der Waals surface area contributed by atoms with E-state index < -0.39 is 11.2 Å². The highest BCUT2D eigenvalue weighted by Crippen LogP contribution is 2.72. The molecule has 0 aromatic heterocycles. The van der Waals surface area contributed by atoms with Crippen LogP contribution in [0.1, 0.15) is 72.1 Å². The number of hydrogen-bond acceptors (Lipinski definition) is 2. The van der Waals surface area contributed by atoms with E-state index in [2.05, 4.69) is 20.8 Å². The molecule has 0 saturated heterocycles. The summed E-state index contributed by atoms with van der Waals surface area (Å²) in [5, 5.41) is 22.5. The monoisotopic (exact) mass is 252 g/mol. The van der Waals surface area contributed by atoms with E-state index in [-0.39, 0.29) is 10.8 Å². The minimum atomic E-state index is -0.854. The lowest BCUT2D eigenvalue weighted by Crippen LogP contribution is -2.63. The van der Waals surface area contributed by atoms with Gasteiger partial charge in [0.05, 0.1) is 11.2 Å². The van der Waals surface area contributed by atoms with Crippen LogP contribution in [-0.4, -0.2) is 21.4 Å². The highest BCUT2D eigenvalue weighted by molar-refractivity contribution is 5.23. The summed E-state index contributed by atoms with van der Waals surface area (Å²) in [7, 11) is 0. The van der Waals surface area contributed by atoms with Gasteiger partial charge in [0.25, 0.3) is 0 Å². The topological polar surface area (TPSA) is 40.5 Å². The van der Waals surface area contributed by atoms with E-state index in [1.54, 1.807) is 0 Å². The lowest BCUT2D eigenvalue weighted by Gasteiger charge is -2.55. The molecular formula is C16H28O2. The van der Waals surface area contributed by atoms with Gasteiger partial charge in [0.2, 0.25) is 0 Å².